The molecule has 0 aliphatic heterocycles. The lowest BCUT2D eigenvalue weighted by atomic mass is 10.0. The molecule has 1 aromatic heterocycles. The Morgan fingerprint density at radius 2 is 1.73 bits per heavy atom. The maximum absolute atomic E-state index is 12.7. The van der Waals surface area contributed by atoms with E-state index < -0.39 is 5.97 Å². The molecular formula is C23H22ClNO4S. The van der Waals surface area contributed by atoms with Crippen molar-refractivity contribution in [1.29, 1.82) is 0 Å². The summed E-state index contributed by atoms with van der Waals surface area (Å²) in [5.41, 5.74) is 2.31. The number of carbonyl (C=O) groups excluding carboxylic acids is 2. The molecule has 0 aliphatic rings. The predicted molar refractivity (Wildman–Crippen MR) is 121 cm³/mol. The van der Waals surface area contributed by atoms with Crippen LogP contribution >= 0.6 is 22.9 Å². The van der Waals surface area contributed by atoms with E-state index in [1.807, 2.05) is 24.4 Å². The number of anilines is 1. The smallest absolute Gasteiger partial charge is 0.341 e. The third-order valence-electron chi connectivity index (χ3n) is 4.24. The molecule has 0 unspecified atom stereocenters. The number of nitrogens with one attached hydrogen (secondary N) is 1. The highest BCUT2D eigenvalue weighted by Gasteiger charge is 2.23. The molecule has 0 radical (unpaired) electrons. The first kappa shape index (κ1) is 21.9. The minimum absolute atomic E-state index is 0.237. The van der Waals surface area contributed by atoms with Crippen molar-refractivity contribution in [1.82, 2.24) is 0 Å². The molecule has 0 saturated heterocycles. The monoisotopic (exact) mass is 443 g/mol. The molecule has 0 bridgehead atoms. The van der Waals surface area contributed by atoms with Crippen LogP contribution in [0.3, 0.4) is 0 Å². The Bertz CT molecular complexity index is 1010. The van der Waals surface area contributed by atoms with Gasteiger partial charge in [-0.25, -0.2) is 4.79 Å². The summed E-state index contributed by atoms with van der Waals surface area (Å²) < 4.78 is 10.8. The van der Waals surface area contributed by atoms with E-state index in [-0.39, 0.29) is 12.5 Å². The van der Waals surface area contributed by atoms with Crippen molar-refractivity contribution in [3.63, 3.8) is 0 Å². The Morgan fingerprint density at radius 1 is 1.03 bits per heavy atom. The van der Waals surface area contributed by atoms with Crippen LogP contribution in [0.2, 0.25) is 5.02 Å². The molecule has 1 heterocycles. The van der Waals surface area contributed by atoms with Gasteiger partial charge >= 0.3 is 5.97 Å². The highest BCUT2D eigenvalue weighted by Crippen LogP contribution is 2.37. The predicted octanol–water partition coefficient (Wildman–Crippen LogP) is 6.29. The first-order valence-corrected chi connectivity index (χ1v) is 10.9. The lowest BCUT2D eigenvalue weighted by Gasteiger charge is -2.09. The summed E-state index contributed by atoms with van der Waals surface area (Å²) in [6.07, 6.45) is 0.910. The molecule has 1 N–H and O–H groups in total. The zero-order chi connectivity index (χ0) is 21.5. The minimum atomic E-state index is -0.484. The Kier molecular flexibility index (Phi) is 7.49. The molecule has 3 rings (SSSR count). The van der Waals surface area contributed by atoms with E-state index >= 15 is 0 Å². The molecule has 30 heavy (non-hydrogen) atoms. The van der Waals surface area contributed by atoms with Gasteiger partial charge in [0.05, 0.1) is 13.2 Å². The van der Waals surface area contributed by atoms with Gasteiger partial charge < -0.3 is 14.8 Å². The molecule has 3 aromatic rings. The van der Waals surface area contributed by atoms with Gasteiger partial charge in [0, 0.05) is 21.5 Å². The highest BCUT2D eigenvalue weighted by molar-refractivity contribution is 7.15. The van der Waals surface area contributed by atoms with Gasteiger partial charge in [0.15, 0.2) is 0 Å². The molecule has 0 fully saturated rings. The van der Waals surface area contributed by atoms with Crippen molar-refractivity contribution in [2.45, 2.75) is 20.3 Å². The average molecular weight is 444 g/mol. The summed E-state index contributed by atoms with van der Waals surface area (Å²) in [5.74, 6) is -0.0869. The van der Waals surface area contributed by atoms with E-state index in [4.69, 9.17) is 21.1 Å². The lowest BCUT2D eigenvalue weighted by molar-refractivity contribution is 0.0529. The molecule has 0 atom stereocenters. The van der Waals surface area contributed by atoms with Crippen LogP contribution < -0.4 is 10.1 Å². The molecular weight excluding hydrogens is 422 g/mol. The van der Waals surface area contributed by atoms with Gasteiger partial charge in [-0.3, -0.25) is 4.79 Å². The third-order valence-corrected chi connectivity index (χ3v) is 5.39. The fraction of sp³-hybridized carbons (Fsp3) is 0.217. The number of benzene rings is 2. The summed E-state index contributed by atoms with van der Waals surface area (Å²) in [6, 6.07) is 14.1. The largest absolute Gasteiger partial charge is 0.494 e. The number of thiophene rings is 1. The number of hydrogen-bond donors (Lipinski definition) is 1. The molecule has 5 nitrogen and oxygen atoms in total. The van der Waals surface area contributed by atoms with Crippen molar-refractivity contribution in [3.05, 3.63) is 70.1 Å². The van der Waals surface area contributed by atoms with E-state index in [2.05, 4.69) is 5.32 Å². The summed E-state index contributed by atoms with van der Waals surface area (Å²) in [6.45, 7) is 4.63. The maximum Gasteiger partial charge on any atom is 0.341 e. The molecule has 0 spiro atoms. The maximum atomic E-state index is 12.7. The van der Waals surface area contributed by atoms with Crippen molar-refractivity contribution >= 4 is 39.8 Å². The van der Waals surface area contributed by atoms with Crippen molar-refractivity contribution in [3.8, 4) is 16.9 Å². The van der Waals surface area contributed by atoms with E-state index in [0.29, 0.717) is 39.1 Å². The van der Waals surface area contributed by atoms with Gasteiger partial charge in [-0.15, -0.1) is 11.3 Å². The van der Waals surface area contributed by atoms with Crippen molar-refractivity contribution in [2.24, 2.45) is 0 Å². The zero-order valence-electron chi connectivity index (χ0n) is 16.7. The van der Waals surface area contributed by atoms with Crippen molar-refractivity contribution in [2.75, 3.05) is 18.5 Å². The van der Waals surface area contributed by atoms with Crippen LogP contribution in [0.15, 0.2) is 53.9 Å². The SMILES string of the molecule is CCCOc1ccc(C(=O)Nc2scc(-c3ccc(Cl)cc3)c2C(=O)OCC)cc1. The van der Waals surface area contributed by atoms with Crippen LogP contribution in [0.5, 0.6) is 5.75 Å². The van der Waals surface area contributed by atoms with Crippen LogP contribution in [0.1, 0.15) is 41.0 Å². The highest BCUT2D eigenvalue weighted by atomic mass is 35.5. The molecule has 156 valence electrons. The first-order chi connectivity index (χ1) is 14.5. The summed E-state index contributed by atoms with van der Waals surface area (Å²) >= 11 is 7.25. The van der Waals surface area contributed by atoms with E-state index in [1.165, 1.54) is 11.3 Å². The second kappa shape index (κ2) is 10.3. The number of halogens is 1. The molecule has 2 aromatic carbocycles. The second-order valence-electron chi connectivity index (χ2n) is 6.41. The first-order valence-electron chi connectivity index (χ1n) is 9.62. The molecule has 7 heteroatoms. The van der Waals surface area contributed by atoms with E-state index in [0.717, 1.165) is 12.0 Å². The van der Waals surface area contributed by atoms with Crippen LogP contribution in [-0.4, -0.2) is 25.1 Å². The Balaban J connectivity index is 1.87. The van der Waals surface area contributed by atoms with Gasteiger partial charge in [-0.05, 0) is 55.3 Å². The Labute approximate surface area is 184 Å². The van der Waals surface area contributed by atoms with Crippen LogP contribution in [-0.2, 0) is 4.74 Å². The summed E-state index contributed by atoms with van der Waals surface area (Å²) in [7, 11) is 0. The van der Waals surface area contributed by atoms with Gasteiger partial charge in [0.2, 0.25) is 0 Å². The second-order valence-corrected chi connectivity index (χ2v) is 7.72. The molecule has 0 aliphatic carbocycles. The third kappa shape index (κ3) is 5.20. The van der Waals surface area contributed by atoms with Crippen molar-refractivity contribution < 1.29 is 19.1 Å². The summed E-state index contributed by atoms with van der Waals surface area (Å²) in [5, 5.41) is 5.71. The standard InChI is InChI=1S/C23H22ClNO4S/c1-3-13-29-18-11-7-16(8-12-18)21(26)25-22-20(23(27)28-4-2)19(14-30-22)15-5-9-17(24)10-6-15/h5-12,14H,3-4,13H2,1-2H3,(H,25,26). The van der Waals surface area contributed by atoms with Gasteiger partial charge in [0.1, 0.15) is 16.3 Å². The Hall–Kier alpha value is -2.83. The lowest BCUT2D eigenvalue weighted by Crippen LogP contribution is -2.14. The number of rotatable bonds is 8. The number of esters is 1. The van der Waals surface area contributed by atoms with Gasteiger partial charge in [-0.1, -0.05) is 30.7 Å². The quantitative estimate of drug-likeness (QED) is 0.416. The van der Waals surface area contributed by atoms with Crippen LogP contribution in [0.4, 0.5) is 5.00 Å². The van der Waals surface area contributed by atoms with Gasteiger partial charge in [0.25, 0.3) is 5.91 Å². The average Bonchev–Trinajstić information content (AvgIpc) is 3.16. The van der Waals surface area contributed by atoms with E-state index in [1.54, 1.807) is 43.3 Å². The van der Waals surface area contributed by atoms with Gasteiger partial charge in [-0.2, -0.15) is 0 Å². The van der Waals surface area contributed by atoms with Crippen LogP contribution in [0, 0.1) is 0 Å². The molecule has 0 saturated carbocycles. The number of hydrogen-bond acceptors (Lipinski definition) is 5. The number of amides is 1. The normalized spacial score (nSPS) is 10.5. The summed E-state index contributed by atoms with van der Waals surface area (Å²) in [4.78, 5) is 25.4. The molecule has 1 amide bonds. The Morgan fingerprint density at radius 3 is 2.37 bits per heavy atom. The zero-order valence-corrected chi connectivity index (χ0v) is 18.3. The minimum Gasteiger partial charge on any atom is -0.494 e. The fourth-order valence-electron chi connectivity index (χ4n) is 2.80. The van der Waals surface area contributed by atoms with E-state index in [9.17, 15) is 9.59 Å². The number of carbonyl (C=O) groups is 2. The fourth-order valence-corrected chi connectivity index (χ4v) is 3.87. The van der Waals surface area contributed by atoms with Crippen LogP contribution in [0.25, 0.3) is 11.1 Å². The topological polar surface area (TPSA) is 64.6 Å². The number of ether oxygens (including phenoxy) is 2.